The Morgan fingerprint density at radius 2 is 2.04 bits per heavy atom. The highest BCUT2D eigenvalue weighted by atomic mass is 16.5. The summed E-state index contributed by atoms with van der Waals surface area (Å²) in [6.07, 6.45) is 0.343. The average Bonchev–Trinajstić information content (AvgIpc) is 2.57. The summed E-state index contributed by atoms with van der Waals surface area (Å²) >= 11 is 0. The standard InChI is InChI=1S/C19H20N2O3/c1-14-5-4-6-15(11-14)12-18(22)20-9-10-21-16-7-2-3-8-17(16)24-13-19(21)23/h2-8,11H,9-10,12-13H2,1H3,(H,20,22). The molecule has 1 heterocycles. The molecule has 24 heavy (non-hydrogen) atoms. The van der Waals surface area contributed by atoms with Crippen LogP contribution in [0.5, 0.6) is 5.75 Å². The first-order valence-corrected chi connectivity index (χ1v) is 7.98. The first kappa shape index (κ1) is 16.1. The van der Waals surface area contributed by atoms with Gasteiger partial charge >= 0.3 is 0 Å². The molecule has 124 valence electrons. The smallest absolute Gasteiger partial charge is 0.265 e. The SMILES string of the molecule is Cc1cccc(CC(=O)NCCN2C(=O)COc3ccccc32)c1. The van der Waals surface area contributed by atoms with E-state index in [1.165, 1.54) is 0 Å². The summed E-state index contributed by atoms with van der Waals surface area (Å²) in [5, 5.41) is 2.88. The van der Waals surface area contributed by atoms with Crippen molar-refractivity contribution in [1.29, 1.82) is 0 Å². The minimum Gasteiger partial charge on any atom is -0.482 e. The molecule has 0 bridgehead atoms. The lowest BCUT2D eigenvalue weighted by Gasteiger charge is -2.29. The minimum atomic E-state index is -0.0957. The number of ether oxygens (including phenoxy) is 1. The highest BCUT2D eigenvalue weighted by Gasteiger charge is 2.24. The Morgan fingerprint density at radius 1 is 1.21 bits per heavy atom. The molecule has 0 unspecified atom stereocenters. The van der Waals surface area contributed by atoms with Gasteiger partial charge in [0.25, 0.3) is 5.91 Å². The highest BCUT2D eigenvalue weighted by molar-refractivity contribution is 5.97. The molecule has 5 nitrogen and oxygen atoms in total. The lowest BCUT2D eigenvalue weighted by molar-refractivity contribution is -0.122. The Bertz CT molecular complexity index is 758. The summed E-state index contributed by atoms with van der Waals surface area (Å²) in [7, 11) is 0. The van der Waals surface area contributed by atoms with Crippen LogP contribution in [0.3, 0.4) is 0 Å². The molecule has 0 spiro atoms. The number of hydrogen-bond donors (Lipinski definition) is 1. The first-order chi connectivity index (χ1) is 11.6. The molecule has 1 N–H and O–H groups in total. The van der Waals surface area contributed by atoms with Crippen LogP contribution in [0.25, 0.3) is 0 Å². The van der Waals surface area contributed by atoms with E-state index in [9.17, 15) is 9.59 Å². The van der Waals surface area contributed by atoms with Gasteiger partial charge in [0, 0.05) is 13.1 Å². The number of benzene rings is 2. The second-order valence-corrected chi connectivity index (χ2v) is 5.82. The van der Waals surface area contributed by atoms with Gasteiger partial charge in [-0.25, -0.2) is 0 Å². The quantitative estimate of drug-likeness (QED) is 0.916. The summed E-state index contributed by atoms with van der Waals surface area (Å²) in [6, 6.07) is 15.3. The number of rotatable bonds is 5. The van der Waals surface area contributed by atoms with Crippen molar-refractivity contribution in [2.45, 2.75) is 13.3 Å². The van der Waals surface area contributed by atoms with Crippen LogP contribution in [0.1, 0.15) is 11.1 Å². The van der Waals surface area contributed by atoms with E-state index in [4.69, 9.17) is 4.74 Å². The molecule has 2 amide bonds. The zero-order valence-electron chi connectivity index (χ0n) is 13.6. The van der Waals surface area contributed by atoms with Gasteiger partial charge in [-0.05, 0) is 24.6 Å². The van der Waals surface area contributed by atoms with Crippen LogP contribution in [-0.2, 0) is 16.0 Å². The summed E-state index contributed by atoms with van der Waals surface area (Å²) in [5.74, 6) is 0.555. The fourth-order valence-corrected chi connectivity index (χ4v) is 2.78. The van der Waals surface area contributed by atoms with Crippen LogP contribution in [0.2, 0.25) is 0 Å². The number of nitrogens with zero attached hydrogens (tertiary/aromatic N) is 1. The second-order valence-electron chi connectivity index (χ2n) is 5.82. The molecule has 0 saturated carbocycles. The molecule has 1 aliphatic heterocycles. The van der Waals surface area contributed by atoms with Crippen LogP contribution in [-0.4, -0.2) is 31.5 Å². The first-order valence-electron chi connectivity index (χ1n) is 7.98. The maximum atomic E-state index is 12.1. The van der Waals surface area contributed by atoms with Crippen molar-refractivity contribution >= 4 is 17.5 Å². The molecule has 1 aliphatic rings. The number of carbonyl (C=O) groups is 2. The van der Waals surface area contributed by atoms with Crippen LogP contribution in [0.4, 0.5) is 5.69 Å². The molecule has 0 fully saturated rings. The molecular formula is C19H20N2O3. The molecule has 0 aliphatic carbocycles. The van der Waals surface area contributed by atoms with Crippen molar-refractivity contribution < 1.29 is 14.3 Å². The number of carbonyl (C=O) groups excluding carboxylic acids is 2. The normalized spacial score (nSPS) is 13.2. The van der Waals surface area contributed by atoms with Gasteiger partial charge in [0.05, 0.1) is 12.1 Å². The van der Waals surface area contributed by atoms with Crippen molar-refractivity contribution in [2.24, 2.45) is 0 Å². The largest absolute Gasteiger partial charge is 0.482 e. The molecule has 2 aromatic rings. The van der Waals surface area contributed by atoms with Gasteiger partial charge in [0.2, 0.25) is 5.91 Å². The van der Waals surface area contributed by atoms with E-state index >= 15 is 0 Å². The average molecular weight is 324 g/mol. The van der Waals surface area contributed by atoms with Crippen molar-refractivity contribution in [2.75, 3.05) is 24.6 Å². The van der Waals surface area contributed by atoms with E-state index in [0.717, 1.165) is 16.8 Å². The fraction of sp³-hybridized carbons (Fsp3) is 0.263. The Labute approximate surface area is 141 Å². The van der Waals surface area contributed by atoms with Gasteiger partial charge in [-0.2, -0.15) is 0 Å². The second kappa shape index (κ2) is 7.17. The van der Waals surface area contributed by atoms with E-state index < -0.39 is 0 Å². The maximum Gasteiger partial charge on any atom is 0.265 e. The Balaban J connectivity index is 1.54. The number of aryl methyl sites for hydroxylation is 1. The molecular weight excluding hydrogens is 304 g/mol. The van der Waals surface area contributed by atoms with E-state index in [-0.39, 0.29) is 18.4 Å². The van der Waals surface area contributed by atoms with Gasteiger partial charge in [-0.1, -0.05) is 42.0 Å². The lowest BCUT2D eigenvalue weighted by atomic mass is 10.1. The Morgan fingerprint density at radius 3 is 2.88 bits per heavy atom. The molecule has 0 atom stereocenters. The third-order valence-electron chi connectivity index (χ3n) is 3.91. The summed E-state index contributed by atoms with van der Waals surface area (Å²) in [5.41, 5.74) is 2.87. The van der Waals surface area contributed by atoms with Crippen molar-refractivity contribution in [3.05, 3.63) is 59.7 Å². The minimum absolute atomic E-state index is 0.0360. The van der Waals surface area contributed by atoms with Crippen LogP contribution in [0, 0.1) is 6.92 Å². The number of hydrogen-bond acceptors (Lipinski definition) is 3. The third kappa shape index (κ3) is 3.74. The molecule has 5 heteroatoms. The number of fused-ring (bicyclic) bond motifs is 1. The topological polar surface area (TPSA) is 58.6 Å². The monoisotopic (exact) mass is 324 g/mol. The van der Waals surface area contributed by atoms with Crippen molar-refractivity contribution in [3.63, 3.8) is 0 Å². The van der Waals surface area contributed by atoms with E-state index in [1.54, 1.807) is 4.90 Å². The fourth-order valence-electron chi connectivity index (χ4n) is 2.78. The van der Waals surface area contributed by atoms with Crippen molar-refractivity contribution in [1.82, 2.24) is 5.32 Å². The summed E-state index contributed by atoms with van der Waals surface area (Å²) in [4.78, 5) is 25.8. The van der Waals surface area contributed by atoms with E-state index in [0.29, 0.717) is 25.3 Å². The van der Waals surface area contributed by atoms with Crippen LogP contribution >= 0.6 is 0 Å². The van der Waals surface area contributed by atoms with Gasteiger partial charge < -0.3 is 15.0 Å². The van der Waals surface area contributed by atoms with Gasteiger partial charge in [-0.15, -0.1) is 0 Å². The van der Waals surface area contributed by atoms with Crippen LogP contribution in [0.15, 0.2) is 48.5 Å². The number of nitrogens with one attached hydrogen (secondary N) is 1. The summed E-state index contributed by atoms with van der Waals surface area (Å²) in [6.45, 7) is 2.88. The number of amides is 2. The Hall–Kier alpha value is -2.82. The number of para-hydroxylation sites is 2. The molecule has 0 aromatic heterocycles. The molecule has 0 saturated heterocycles. The van der Waals surface area contributed by atoms with Gasteiger partial charge in [-0.3, -0.25) is 9.59 Å². The van der Waals surface area contributed by atoms with Gasteiger partial charge in [0.1, 0.15) is 5.75 Å². The van der Waals surface area contributed by atoms with Crippen LogP contribution < -0.4 is 15.0 Å². The lowest BCUT2D eigenvalue weighted by Crippen LogP contribution is -2.43. The predicted octanol–water partition coefficient (Wildman–Crippen LogP) is 2.08. The highest BCUT2D eigenvalue weighted by Crippen LogP contribution is 2.30. The van der Waals surface area contributed by atoms with E-state index in [1.807, 2.05) is 55.5 Å². The maximum absolute atomic E-state index is 12.1. The molecule has 0 radical (unpaired) electrons. The number of anilines is 1. The summed E-state index contributed by atoms with van der Waals surface area (Å²) < 4.78 is 5.41. The Kier molecular flexibility index (Phi) is 4.79. The third-order valence-corrected chi connectivity index (χ3v) is 3.91. The predicted molar refractivity (Wildman–Crippen MR) is 92.2 cm³/mol. The van der Waals surface area contributed by atoms with Gasteiger partial charge in [0.15, 0.2) is 6.61 Å². The van der Waals surface area contributed by atoms with Crippen molar-refractivity contribution in [3.8, 4) is 5.75 Å². The zero-order chi connectivity index (χ0) is 16.9. The zero-order valence-corrected chi connectivity index (χ0v) is 13.6. The molecule has 2 aromatic carbocycles. The molecule has 3 rings (SSSR count). The van der Waals surface area contributed by atoms with E-state index in [2.05, 4.69) is 5.32 Å².